The number of carbonyl (C=O) groups is 2. The summed E-state index contributed by atoms with van der Waals surface area (Å²) in [5, 5.41) is 17.3. The van der Waals surface area contributed by atoms with E-state index in [1.807, 2.05) is 28.0 Å². The van der Waals surface area contributed by atoms with E-state index < -0.39 is 5.97 Å². The number of nitrogens with one attached hydrogen (secondary N) is 1. The lowest BCUT2D eigenvalue weighted by Crippen LogP contribution is -2.51. The van der Waals surface area contributed by atoms with Crippen LogP contribution < -0.4 is 0 Å². The molecule has 0 bridgehead atoms. The van der Waals surface area contributed by atoms with Crippen LogP contribution in [0.2, 0.25) is 0 Å². The Morgan fingerprint density at radius 3 is 2.34 bits per heavy atom. The fourth-order valence-corrected chi connectivity index (χ4v) is 4.92. The van der Waals surface area contributed by atoms with Gasteiger partial charge >= 0.3 is 5.97 Å². The fraction of sp³-hybridized carbons (Fsp3) is 0.640. The average molecular weight is 443 g/mol. The molecule has 2 saturated heterocycles. The number of likely N-dealkylation sites (tertiary alicyclic amines) is 1. The SMILES string of the molecule is CC(CC(=N)Cc1ccccc1)N1CCN(C(=O)CCC2CCN(CC(=O)O)CC2)CC1. The van der Waals surface area contributed by atoms with E-state index in [1.54, 1.807) is 0 Å². The van der Waals surface area contributed by atoms with Crippen molar-refractivity contribution in [2.75, 3.05) is 45.8 Å². The van der Waals surface area contributed by atoms with Gasteiger partial charge in [-0.2, -0.15) is 0 Å². The van der Waals surface area contributed by atoms with Crippen molar-refractivity contribution >= 4 is 17.6 Å². The van der Waals surface area contributed by atoms with Gasteiger partial charge in [-0.1, -0.05) is 30.3 Å². The second-order valence-electron chi connectivity index (χ2n) is 9.39. The highest BCUT2D eigenvalue weighted by Gasteiger charge is 2.26. The quantitative estimate of drug-likeness (QED) is 0.544. The standard InChI is InChI=1S/C25H38N4O3/c1-20(17-23(26)18-22-5-3-2-4-6-22)28-13-15-29(16-14-28)24(30)8-7-21-9-11-27(12-10-21)19-25(31)32/h2-6,20-21,26H,7-19H2,1H3,(H,31,32). The molecule has 7 nitrogen and oxygen atoms in total. The molecule has 2 N–H and O–H groups in total. The van der Waals surface area contributed by atoms with E-state index in [9.17, 15) is 9.59 Å². The average Bonchev–Trinajstić information content (AvgIpc) is 2.78. The van der Waals surface area contributed by atoms with Gasteiger partial charge in [-0.3, -0.25) is 19.4 Å². The van der Waals surface area contributed by atoms with Crippen molar-refractivity contribution in [3.8, 4) is 0 Å². The highest BCUT2D eigenvalue weighted by Crippen LogP contribution is 2.22. The Hall–Kier alpha value is -2.25. The van der Waals surface area contributed by atoms with E-state index in [0.717, 1.165) is 70.7 Å². The maximum atomic E-state index is 12.7. The van der Waals surface area contributed by atoms with Crippen LogP contribution in [0.25, 0.3) is 0 Å². The van der Waals surface area contributed by atoms with Gasteiger partial charge in [0, 0.05) is 57.2 Å². The highest BCUT2D eigenvalue weighted by atomic mass is 16.4. The number of carboxylic acid groups (broad SMARTS) is 1. The molecule has 0 aromatic heterocycles. The zero-order valence-corrected chi connectivity index (χ0v) is 19.3. The Morgan fingerprint density at radius 2 is 1.72 bits per heavy atom. The number of carbonyl (C=O) groups excluding carboxylic acids is 1. The minimum Gasteiger partial charge on any atom is -0.480 e. The number of hydrogen-bond donors (Lipinski definition) is 2. The third-order valence-electron chi connectivity index (χ3n) is 6.92. The predicted molar refractivity (Wildman–Crippen MR) is 126 cm³/mol. The van der Waals surface area contributed by atoms with Gasteiger partial charge in [-0.15, -0.1) is 0 Å². The van der Waals surface area contributed by atoms with Gasteiger partial charge in [-0.05, 0) is 50.8 Å². The second kappa shape index (κ2) is 12.1. The molecule has 1 aromatic rings. The Labute approximate surface area is 191 Å². The molecule has 0 aliphatic carbocycles. The fourth-order valence-electron chi connectivity index (χ4n) is 4.92. The first-order chi connectivity index (χ1) is 15.4. The lowest BCUT2D eigenvalue weighted by atomic mass is 9.92. The zero-order valence-electron chi connectivity index (χ0n) is 19.3. The van der Waals surface area contributed by atoms with Crippen LogP contribution in [0.1, 0.15) is 44.6 Å². The first kappa shape index (κ1) is 24.4. The van der Waals surface area contributed by atoms with E-state index in [0.29, 0.717) is 24.8 Å². The van der Waals surface area contributed by atoms with Gasteiger partial charge in [0.05, 0.1) is 6.54 Å². The zero-order chi connectivity index (χ0) is 22.9. The summed E-state index contributed by atoms with van der Waals surface area (Å²) in [5.74, 6) is 0.0168. The molecular weight excluding hydrogens is 404 g/mol. The largest absolute Gasteiger partial charge is 0.480 e. The predicted octanol–water partition coefficient (Wildman–Crippen LogP) is 2.75. The molecule has 1 unspecified atom stereocenters. The Balaban J connectivity index is 1.32. The number of hydrogen-bond acceptors (Lipinski definition) is 5. The summed E-state index contributed by atoms with van der Waals surface area (Å²) in [4.78, 5) is 29.9. The normalized spacial score (nSPS) is 19.6. The van der Waals surface area contributed by atoms with Crippen molar-refractivity contribution < 1.29 is 14.7 Å². The lowest BCUT2D eigenvalue weighted by Gasteiger charge is -2.38. The van der Waals surface area contributed by atoms with Crippen molar-refractivity contribution in [3.63, 3.8) is 0 Å². The summed E-state index contributed by atoms with van der Waals surface area (Å²) in [6, 6.07) is 10.5. The van der Waals surface area contributed by atoms with E-state index in [1.165, 1.54) is 5.56 Å². The number of piperidine rings is 1. The summed E-state index contributed by atoms with van der Waals surface area (Å²) in [5.41, 5.74) is 1.95. The molecule has 2 aliphatic heterocycles. The summed E-state index contributed by atoms with van der Waals surface area (Å²) >= 11 is 0. The van der Waals surface area contributed by atoms with Crippen molar-refractivity contribution in [2.24, 2.45) is 5.92 Å². The minimum absolute atomic E-state index is 0.125. The van der Waals surface area contributed by atoms with Gasteiger partial charge in [0.1, 0.15) is 0 Å². The lowest BCUT2D eigenvalue weighted by molar-refractivity contribution is -0.138. The second-order valence-corrected chi connectivity index (χ2v) is 9.39. The molecule has 7 heteroatoms. The summed E-state index contributed by atoms with van der Waals surface area (Å²) in [6.07, 6.45) is 4.96. The number of amides is 1. The van der Waals surface area contributed by atoms with Crippen LogP contribution in [0.4, 0.5) is 0 Å². The summed E-state index contributed by atoms with van der Waals surface area (Å²) in [7, 11) is 0. The number of benzene rings is 1. The number of rotatable bonds is 10. The number of aliphatic carboxylic acids is 1. The summed E-state index contributed by atoms with van der Waals surface area (Å²) in [6.45, 7) is 7.24. The van der Waals surface area contributed by atoms with Crippen LogP contribution in [0, 0.1) is 11.3 Å². The number of piperazine rings is 1. The molecule has 1 atom stereocenters. The van der Waals surface area contributed by atoms with Crippen LogP contribution in [0.3, 0.4) is 0 Å². The molecule has 0 radical (unpaired) electrons. The van der Waals surface area contributed by atoms with Gasteiger partial charge in [-0.25, -0.2) is 0 Å². The molecule has 0 saturated carbocycles. The topological polar surface area (TPSA) is 87.9 Å². The molecule has 32 heavy (non-hydrogen) atoms. The van der Waals surface area contributed by atoms with Crippen LogP contribution in [-0.2, 0) is 16.0 Å². The first-order valence-corrected chi connectivity index (χ1v) is 12.0. The molecular formula is C25H38N4O3. The molecule has 2 fully saturated rings. The summed E-state index contributed by atoms with van der Waals surface area (Å²) < 4.78 is 0. The third kappa shape index (κ3) is 7.71. The molecule has 1 aromatic carbocycles. The molecule has 2 aliphatic rings. The van der Waals surface area contributed by atoms with E-state index in [4.69, 9.17) is 10.5 Å². The van der Waals surface area contributed by atoms with Crippen molar-refractivity contribution in [1.29, 1.82) is 5.41 Å². The highest BCUT2D eigenvalue weighted by molar-refractivity contribution is 5.84. The minimum atomic E-state index is -0.764. The van der Waals surface area contributed by atoms with Crippen LogP contribution >= 0.6 is 0 Å². The number of nitrogens with zero attached hydrogens (tertiary/aromatic N) is 3. The smallest absolute Gasteiger partial charge is 0.317 e. The van der Waals surface area contributed by atoms with Crippen LogP contribution in [-0.4, -0.2) is 89.2 Å². The monoisotopic (exact) mass is 442 g/mol. The third-order valence-corrected chi connectivity index (χ3v) is 6.92. The van der Waals surface area contributed by atoms with E-state index in [-0.39, 0.29) is 12.5 Å². The first-order valence-electron chi connectivity index (χ1n) is 12.0. The maximum Gasteiger partial charge on any atom is 0.317 e. The van der Waals surface area contributed by atoms with Crippen LogP contribution in [0.15, 0.2) is 30.3 Å². The molecule has 2 heterocycles. The van der Waals surface area contributed by atoms with Gasteiger partial charge in [0.25, 0.3) is 0 Å². The molecule has 176 valence electrons. The van der Waals surface area contributed by atoms with Crippen LogP contribution in [0.5, 0.6) is 0 Å². The van der Waals surface area contributed by atoms with Crippen molar-refractivity contribution in [3.05, 3.63) is 35.9 Å². The van der Waals surface area contributed by atoms with Crippen molar-refractivity contribution in [1.82, 2.24) is 14.7 Å². The van der Waals surface area contributed by atoms with E-state index >= 15 is 0 Å². The Morgan fingerprint density at radius 1 is 1.06 bits per heavy atom. The van der Waals surface area contributed by atoms with Gasteiger partial charge in [0.2, 0.25) is 5.91 Å². The van der Waals surface area contributed by atoms with E-state index in [2.05, 4.69) is 24.0 Å². The molecule has 3 rings (SSSR count). The molecule has 0 spiro atoms. The molecule has 1 amide bonds. The Kier molecular flexibility index (Phi) is 9.23. The van der Waals surface area contributed by atoms with Gasteiger partial charge in [0.15, 0.2) is 0 Å². The Bertz CT molecular complexity index is 754. The maximum absolute atomic E-state index is 12.7. The van der Waals surface area contributed by atoms with Crippen molar-refractivity contribution in [2.45, 2.75) is 51.5 Å². The van der Waals surface area contributed by atoms with Gasteiger partial charge < -0.3 is 15.4 Å². The number of carboxylic acids is 1.